The molecule has 124 valence electrons. The molecule has 6 aliphatic carbocycles. The number of hydrogen-bond acceptors (Lipinski definition) is 1. The molecule has 1 nitrogen and oxygen atoms in total. The highest BCUT2D eigenvalue weighted by Gasteiger charge is 2.73. The lowest BCUT2D eigenvalue weighted by atomic mass is 9.46. The summed E-state index contributed by atoms with van der Waals surface area (Å²) in [5, 5.41) is 0. The van der Waals surface area contributed by atoms with Gasteiger partial charge in [-0.05, 0) is 96.4 Å². The second kappa shape index (κ2) is 3.81. The van der Waals surface area contributed by atoms with Crippen LogP contribution in [0, 0.1) is 58.2 Å². The van der Waals surface area contributed by atoms with Crippen molar-refractivity contribution in [3.8, 4) is 0 Å². The highest BCUT2D eigenvalue weighted by molar-refractivity contribution is 5.92. The molecule has 0 bridgehead atoms. The van der Waals surface area contributed by atoms with Crippen molar-refractivity contribution in [3.05, 3.63) is 11.6 Å². The van der Waals surface area contributed by atoms with Gasteiger partial charge in [0, 0.05) is 6.42 Å². The summed E-state index contributed by atoms with van der Waals surface area (Å²) in [5.74, 6) is 8.16. The first-order chi connectivity index (χ1) is 10.9. The van der Waals surface area contributed by atoms with E-state index in [1.54, 1.807) is 12.0 Å². The highest BCUT2D eigenvalue weighted by atomic mass is 16.1. The zero-order valence-electron chi connectivity index (χ0n) is 14.8. The van der Waals surface area contributed by atoms with Crippen molar-refractivity contribution in [1.82, 2.24) is 0 Å². The number of ketones is 1. The number of hydrogen-bond donors (Lipinski definition) is 0. The maximum atomic E-state index is 12.0. The summed E-state index contributed by atoms with van der Waals surface area (Å²) >= 11 is 0. The molecule has 0 aromatic carbocycles. The maximum Gasteiger partial charge on any atom is 0.155 e. The Balaban J connectivity index is 1.46. The molecular weight excluding hydrogens is 280 g/mol. The van der Waals surface area contributed by atoms with Crippen molar-refractivity contribution >= 4 is 5.78 Å². The minimum atomic E-state index is 0.369. The molecule has 6 rings (SSSR count). The summed E-state index contributed by atoms with van der Waals surface area (Å²) in [6.07, 6.45) is 9.91. The van der Waals surface area contributed by atoms with Gasteiger partial charge < -0.3 is 0 Å². The second-order valence-corrected chi connectivity index (χ2v) is 10.6. The maximum absolute atomic E-state index is 12.0. The van der Waals surface area contributed by atoms with Gasteiger partial charge in [0.05, 0.1) is 0 Å². The summed E-state index contributed by atoms with van der Waals surface area (Å²) in [4.78, 5) is 12.0. The van der Waals surface area contributed by atoms with E-state index in [4.69, 9.17) is 0 Å². The lowest BCUT2D eigenvalue weighted by Crippen LogP contribution is -2.52. The zero-order chi connectivity index (χ0) is 15.7. The molecule has 0 saturated heterocycles. The summed E-state index contributed by atoms with van der Waals surface area (Å²) < 4.78 is 0. The largest absolute Gasteiger partial charge is 0.295 e. The Labute approximate surface area is 140 Å². The Kier molecular flexibility index (Phi) is 2.26. The van der Waals surface area contributed by atoms with Crippen LogP contribution in [0.3, 0.4) is 0 Å². The molecule has 0 radical (unpaired) electrons. The molecule has 6 aliphatic rings. The monoisotopic (exact) mass is 310 g/mol. The van der Waals surface area contributed by atoms with Gasteiger partial charge in [0.1, 0.15) is 0 Å². The van der Waals surface area contributed by atoms with Crippen LogP contribution in [0.15, 0.2) is 11.6 Å². The van der Waals surface area contributed by atoms with Crippen LogP contribution in [0.4, 0.5) is 0 Å². The molecule has 5 saturated carbocycles. The lowest BCUT2D eigenvalue weighted by molar-refractivity contribution is -0.118. The molecule has 0 aliphatic heterocycles. The van der Waals surface area contributed by atoms with Crippen molar-refractivity contribution in [1.29, 1.82) is 0 Å². The van der Waals surface area contributed by atoms with E-state index >= 15 is 0 Å². The van der Waals surface area contributed by atoms with Crippen LogP contribution in [0.5, 0.6) is 0 Å². The summed E-state index contributed by atoms with van der Waals surface area (Å²) in [5.41, 5.74) is 2.61. The molecule has 10 atom stereocenters. The van der Waals surface area contributed by atoms with Gasteiger partial charge in [-0.3, -0.25) is 4.79 Å². The van der Waals surface area contributed by atoms with Crippen LogP contribution in [0.25, 0.3) is 0 Å². The van der Waals surface area contributed by atoms with Crippen molar-refractivity contribution in [2.45, 2.75) is 59.3 Å². The van der Waals surface area contributed by atoms with Gasteiger partial charge in [0.15, 0.2) is 5.78 Å². The smallest absolute Gasteiger partial charge is 0.155 e. The molecule has 23 heavy (non-hydrogen) atoms. The zero-order valence-corrected chi connectivity index (χ0v) is 14.8. The van der Waals surface area contributed by atoms with Crippen molar-refractivity contribution in [3.63, 3.8) is 0 Å². The molecule has 10 unspecified atom stereocenters. The molecule has 0 amide bonds. The molecule has 0 spiro atoms. The normalized spacial score (nSPS) is 64.8. The van der Waals surface area contributed by atoms with E-state index < -0.39 is 0 Å². The Morgan fingerprint density at radius 1 is 1.09 bits per heavy atom. The van der Waals surface area contributed by atoms with E-state index in [0.717, 1.165) is 60.2 Å². The van der Waals surface area contributed by atoms with Gasteiger partial charge in [-0.15, -0.1) is 0 Å². The fraction of sp³-hybridized carbons (Fsp3) is 0.864. The van der Waals surface area contributed by atoms with E-state index in [0.29, 0.717) is 16.6 Å². The van der Waals surface area contributed by atoms with E-state index in [1.165, 1.54) is 19.3 Å². The molecule has 0 heterocycles. The predicted octanol–water partition coefficient (Wildman–Crippen LogP) is 4.87. The Morgan fingerprint density at radius 3 is 2.74 bits per heavy atom. The SMILES string of the molecule is CC1C2CC2C2C3C4CC4C4=CC(=O)CCC4(C)C3CCC12C. The van der Waals surface area contributed by atoms with Crippen LogP contribution < -0.4 is 0 Å². The van der Waals surface area contributed by atoms with Crippen molar-refractivity contribution < 1.29 is 4.79 Å². The van der Waals surface area contributed by atoms with Crippen LogP contribution in [-0.2, 0) is 4.79 Å². The molecule has 1 heteroatoms. The average molecular weight is 310 g/mol. The van der Waals surface area contributed by atoms with E-state index in [1.807, 2.05) is 0 Å². The quantitative estimate of drug-likeness (QED) is 0.624. The van der Waals surface area contributed by atoms with Gasteiger partial charge in [0.2, 0.25) is 0 Å². The van der Waals surface area contributed by atoms with Crippen molar-refractivity contribution in [2.75, 3.05) is 0 Å². The minimum Gasteiger partial charge on any atom is -0.295 e. The van der Waals surface area contributed by atoms with E-state index in [2.05, 4.69) is 26.8 Å². The van der Waals surface area contributed by atoms with Gasteiger partial charge >= 0.3 is 0 Å². The molecule has 0 aromatic rings. The Morgan fingerprint density at radius 2 is 1.91 bits per heavy atom. The van der Waals surface area contributed by atoms with E-state index in [9.17, 15) is 4.79 Å². The Hall–Kier alpha value is -0.590. The van der Waals surface area contributed by atoms with Gasteiger partial charge in [0.25, 0.3) is 0 Å². The van der Waals surface area contributed by atoms with Crippen LogP contribution in [-0.4, -0.2) is 5.78 Å². The fourth-order valence-electron chi connectivity index (χ4n) is 8.71. The number of allylic oxidation sites excluding steroid dienone is 1. The molecular formula is C22H30O. The topological polar surface area (TPSA) is 17.1 Å². The first-order valence-electron chi connectivity index (χ1n) is 10.2. The summed E-state index contributed by atoms with van der Waals surface area (Å²) in [6.45, 7) is 7.77. The number of carbonyl (C=O) groups excluding carboxylic acids is 1. The van der Waals surface area contributed by atoms with Crippen LogP contribution in [0.2, 0.25) is 0 Å². The summed E-state index contributed by atoms with van der Waals surface area (Å²) in [6, 6.07) is 0. The van der Waals surface area contributed by atoms with Gasteiger partial charge in [-0.1, -0.05) is 26.3 Å². The third-order valence-electron chi connectivity index (χ3n) is 10.1. The molecule has 0 N–H and O–H groups in total. The van der Waals surface area contributed by atoms with Crippen molar-refractivity contribution in [2.24, 2.45) is 58.2 Å². The number of carbonyl (C=O) groups is 1. The standard InChI is InChI=1S/C22H30O/c1-11-13-9-16(13)20-19-15-10-14(15)18-8-12(23)4-6-22(18,3)17(19)5-7-21(11,20)2/h8,11,13-17,19-20H,4-7,9-10H2,1-3H3. The highest BCUT2D eigenvalue weighted by Crippen LogP contribution is 2.79. The van der Waals surface area contributed by atoms with Gasteiger partial charge in [-0.2, -0.15) is 0 Å². The first-order valence-corrected chi connectivity index (χ1v) is 10.2. The molecule has 0 aromatic heterocycles. The molecule has 5 fully saturated rings. The van der Waals surface area contributed by atoms with Crippen LogP contribution >= 0.6 is 0 Å². The number of fused-ring (bicyclic) bond motifs is 10. The van der Waals surface area contributed by atoms with Crippen LogP contribution in [0.1, 0.15) is 59.3 Å². The van der Waals surface area contributed by atoms with E-state index in [-0.39, 0.29) is 0 Å². The first kappa shape index (κ1) is 13.7. The predicted molar refractivity (Wildman–Crippen MR) is 90.6 cm³/mol. The van der Waals surface area contributed by atoms with Gasteiger partial charge in [-0.25, -0.2) is 0 Å². The minimum absolute atomic E-state index is 0.369. The number of rotatable bonds is 0. The third kappa shape index (κ3) is 1.42. The fourth-order valence-corrected chi connectivity index (χ4v) is 8.71. The summed E-state index contributed by atoms with van der Waals surface area (Å²) in [7, 11) is 0. The second-order valence-electron chi connectivity index (χ2n) is 10.6. The Bertz CT molecular complexity index is 646. The third-order valence-corrected chi connectivity index (χ3v) is 10.1. The lowest BCUT2D eigenvalue weighted by Gasteiger charge is -2.58. The average Bonchev–Trinajstić information content (AvgIpc) is 3.40.